The van der Waals surface area contributed by atoms with Gasteiger partial charge in [-0.15, -0.1) is 0 Å². The summed E-state index contributed by atoms with van der Waals surface area (Å²) in [6.45, 7) is 1.91. The minimum absolute atomic E-state index is 0.222. The topological polar surface area (TPSA) is 60.4 Å². The Labute approximate surface area is 177 Å². The number of carbonyl (C=O) groups excluding carboxylic acids is 1. The van der Waals surface area contributed by atoms with Crippen LogP contribution in [0.4, 0.5) is 0 Å². The van der Waals surface area contributed by atoms with Gasteiger partial charge in [0.15, 0.2) is 0 Å². The minimum atomic E-state index is -3.69. The molecule has 0 aliphatic carbocycles. The average molecular weight is 471 g/mol. The van der Waals surface area contributed by atoms with Crippen molar-refractivity contribution in [1.29, 1.82) is 0 Å². The van der Waals surface area contributed by atoms with E-state index in [1.807, 2.05) is 37.3 Å². The second-order valence-electron chi connectivity index (χ2n) is 6.29. The van der Waals surface area contributed by atoms with Crippen molar-refractivity contribution in [3.05, 3.63) is 101 Å². The fraction of sp³-hybridized carbons (Fsp3) is 0.0870. The van der Waals surface area contributed by atoms with E-state index in [9.17, 15) is 13.2 Å². The molecule has 4 nitrogen and oxygen atoms in total. The molecule has 0 saturated carbocycles. The normalized spacial score (nSPS) is 11.9. The van der Waals surface area contributed by atoms with E-state index in [0.29, 0.717) is 15.6 Å². The van der Waals surface area contributed by atoms with Crippen molar-refractivity contribution in [2.45, 2.75) is 11.8 Å². The molecule has 0 aliphatic heterocycles. The molecule has 3 rings (SSSR count). The van der Waals surface area contributed by atoms with Gasteiger partial charge in [0.25, 0.3) is 0 Å². The number of sulfone groups is 1. The predicted molar refractivity (Wildman–Crippen MR) is 116 cm³/mol. The van der Waals surface area contributed by atoms with Gasteiger partial charge >= 0.3 is 178 Å². The predicted octanol–water partition coefficient (Wildman–Crippen LogP) is 3.58. The molecule has 0 atom stereocenters. The molecule has 0 heterocycles. The Morgan fingerprint density at radius 3 is 2.07 bits per heavy atom. The zero-order valence-electron chi connectivity index (χ0n) is 16.0. The Morgan fingerprint density at radius 1 is 0.862 bits per heavy atom. The number of esters is 1. The van der Waals surface area contributed by atoms with Gasteiger partial charge in [-0.25, -0.2) is 0 Å². The second-order valence-corrected chi connectivity index (χ2v) is 10.4. The third kappa shape index (κ3) is 5.24. The number of aryl methyl sites for hydroxylation is 1. The van der Waals surface area contributed by atoms with E-state index in [1.165, 1.54) is 12.5 Å². The molecule has 0 aromatic heterocycles. The third-order valence-corrected chi connectivity index (χ3v) is 8.23. The van der Waals surface area contributed by atoms with Crippen LogP contribution in [0.1, 0.15) is 21.5 Å². The Morgan fingerprint density at radius 2 is 1.45 bits per heavy atom. The van der Waals surface area contributed by atoms with E-state index in [2.05, 4.69) is 0 Å². The second kappa shape index (κ2) is 9.22. The van der Waals surface area contributed by atoms with E-state index in [0.717, 1.165) is 10.0 Å². The van der Waals surface area contributed by atoms with Gasteiger partial charge < -0.3 is 0 Å². The van der Waals surface area contributed by atoms with E-state index < -0.39 is 15.8 Å². The van der Waals surface area contributed by atoms with E-state index in [1.54, 1.807) is 48.5 Å². The molecule has 0 N–H and O–H groups in total. The summed E-state index contributed by atoms with van der Waals surface area (Å²) >= 11 is -0.330. The van der Waals surface area contributed by atoms with Gasteiger partial charge in [0, 0.05) is 0 Å². The van der Waals surface area contributed by atoms with E-state index in [-0.39, 0.29) is 19.9 Å². The Kier molecular flexibility index (Phi) is 6.70. The number of rotatable bonds is 6. The summed E-state index contributed by atoms with van der Waals surface area (Å²) < 4.78 is 32.7. The first-order chi connectivity index (χ1) is 13.9. The summed E-state index contributed by atoms with van der Waals surface area (Å²) in [5.74, 6) is -0.497. The van der Waals surface area contributed by atoms with Crippen molar-refractivity contribution in [1.82, 2.24) is 0 Å². The van der Waals surface area contributed by atoms with Crippen LogP contribution in [-0.2, 0) is 14.6 Å². The molecule has 0 saturated heterocycles. The first kappa shape index (κ1) is 21.1. The van der Waals surface area contributed by atoms with Crippen LogP contribution in [0.25, 0.3) is 4.47 Å². The molecule has 0 spiro atoms. The zero-order chi connectivity index (χ0) is 20.9. The Bertz CT molecular complexity index is 1140. The average Bonchev–Trinajstić information content (AvgIpc) is 2.73. The molecule has 3 aromatic carbocycles. The Balaban J connectivity index is 2.15. The molecular formula is C23H20O4SSe. The van der Waals surface area contributed by atoms with Gasteiger partial charge in [0.2, 0.25) is 0 Å². The number of hydrogen-bond acceptors (Lipinski definition) is 4. The van der Waals surface area contributed by atoms with Crippen molar-refractivity contribution < 1.29 is 17.9 Å². The van der Waals surface area contributed by atoms with Crippen molar-refractivity contribution in [3.63, 3.8) is 0 Å². The summed E-state index contributed by atoms with van der Waals surface area (Å²) in [6.07, 6.45) is 0. The van der Waals surface area contributed by atoms with Crippen LogP contribution in [0, 0.1) is 6.92 Å². The summed E-state index contributed by atoms with van der Waals surface area (Å²) in [6, 6.07) is 23.3. The van der Waals surface area contributed by atoms with Crippen molar-refractivity contribution in [3.8, 4) is 0 Å². The van der Waals surface area contributed by atoms with Crippen LogP contribution in [0.2, 0.25) is 0 Å². The van der Waals surface area contributed by atoms with Crippen LogP contribution >= 0.6 is 0 Å². The van der Waals surface area contributed by atoms with Crippen LogP contribution in [-0.4, -0.2) is 36.5 Å². The SMILES string of the molecule is COC(=O)c1ccccc1/C(=C\S(=O)(=O)c1ccc(C)cc1)[Se]c1ccccc1. The number of carbonyl (C=O) groups is 1. The van der Waals surface area contributed by atoms with Gasteiger partial charge in [0.1, 0.15) is 0 Å². The van der Waals surface area contributed by atoms with Crippen LogP contribution in [0.3, 0.4) is 0 Å². The van der Waals surface area contributed by atoms with Gasteiger partial charge in [0.05, 0.1) is 0 Å². The van der Waals surface area contributed by atoms with Gasteiger partial charge in [-0.05, 0) is 0 Å². The summed E-state index contributed by atoms with van der Waals surface area (Å²) in [5, 5.41) is 1.28. The van der Waals surface area contributed by atoms with Gasteiger partial charge in [-0.1, -0.05) is 0 Å². The molecular weight excluding hydrogens is 451 g/mol. The van der Waals surface area contributed by atoms with Crippen molar-refractivity contribution in [2.24, 2.45) is 0 Å². The Hall–Kier alpha value is -2.66. The quantitative estimate of drug-likeness (QED) is 0.407. The van der Waals surface area contributed by atoms with Crippen molar-refractivity contribution >= 4 is 39.7 Å². The van der Waals surface area contributed by atoms with Gasteiger partial charge in [-0.2, -0.15) is 0 Å². The monoisotopic (exact) mass is 472 g/mol. The molecule has 0 fully saturated rings. The summed E-state index contributed by atoms with van der Waals surface area (Å²) in [5.41, 5.74) is 1.90. The number of hydrogen-bond donors (Lipinski definition) is 0. The summed E-state index contributed by atoms with van der Waals surface area (Å²) in [4.78, 5) is 12.5. The van der Waals surface area contributed by atoms with Crippen molar-refractivity contribution in [2.75, 3.05) is 7.11 Å². The molecule has 0 unspecified atom stereocenters. The van der Waals surface area contributed by atoms with Gasteiger partial charge in [-0.3, -0.25) is 0 Å². The van der Waals surface area contributed by atoms with E-state index in [4.69, 9.17) is 4.74 Å². The fourth-order valence-electron chi connectivity index (χ4n) is 2.68. The fourth-order valence-corrected chi connectivity index (χ4v) is 6.64. The zero-order valence-corrected chi connectivity index (χ0v) is 18.6. The van der Waals surface area contributed by atoms with E-state index >= 15 is 0 Å². The standard InChI is InChI=1S/C23H20O4SSe/c1-17-12-14-18(15-13-17)28(25,26)16-22(29-19-8-4-3-5-9-19)20-10-6-7-11-21(20)23(24)27-2/h3-16H,1-2H3/b22-16+. The molecule has 0 aliphatic rings. The number of benzene rings is 3. The van der Waals surface area contributed by atoms with Crippen LogP contribution in [0.15, 0.2) is 89.2 Å². The maximum atomic E-state index is 13.1. The number of methoxy groups -OCH3 is 1. The first-order valence-electron chi connectivity index (χ1n) is 8.85. The molecule has 0 bridgehead atoms. The number of ether oxygens (including phenoxy) is 1. The van der Waals surface area contributed by atoms with Crippen LogP contribution < -0.4 is 4.46 Å². The molecule has 0 amide bonds. The third-order valence-electron chi connectivity index (χ3n) is 4.18. The summed E-state index contributed by atoms with van der Waals surface area (Å²) in [7, 11) is -2.38. The van der Waals surface area contributed by atoms with Crippen LogP contribution in [0.5, 0.6) is 0 Å². The molecule has 29 heavy (non-hydrogen) atoms. The molecule has 6 heteroatoms. The molecule has 148 valence electrons. The molecule has 0 radical (unpaired) electrons. The molecule has 3 aromatic rings. The first-order valence-corrected chi connectivity index (χ1v) is 12.1. The maximum absolute atomic E-state index is 13.1.